The van der Waals surface area contributed by atoms with E-state index in [1.165, 1.54) is 0 Å². The number of rotatable bonds is 4. The zero-order valence-corrected chi connectivity index (χ0v) is 10.2. The molecule has 0 saturated carbocycles. The van der Waals surface area contributed by atoms with E-state index in [0.29, 0.717) is 16.8 Å². The lowest BCUT2D eigenvalue weighted by Crippen LogP contribution is -2.12. The van der Waals surface area contributed by atoms with Crippen molar-refractivity contribution in [2.24, 2.45) is 0 Å². The minimum atomic E-state index is -0.993. The van der Waals surface area contributed by atoms with Gasteiger partial charge in [-0.05, 0) is 11.6 Å². The van der Waals surface area contributed by atoms with Crippen LogP contribution in [0.15, 0.2) is 48.5 Å². The van der Waals surface area contributed by atoms with E-state index in [1.807, 2.05) is 6.07 Å². The van der Waals surface area contributed by atoms with E-state index >= 15 is 0 Å². The zero-order chi connectivity index (χ0) is 13.8. The summed E-state index contributed by atoms with van der Waals surface area (Å²) in [5, 5.41) is 8.88. The minimum Gasteiger partial charge on any atom is -0.481 e. The number of hydrogen-bond acceptors (Lipinski definition) is 3. The fourth-order valence-electron chi connectivity index (χ4n) is 1.94. The van der Waals surface area contributed by atoms with Crippen molar-refractivity contribution < 1.29 is 14.7 Å². The average molecular weight is 255 g/mol. The third-order valence-corrected chi connectivity index (χ3v) is 2.79. The second-order valence-electron chi connectivity index (χ2n) is 4.15. The highest BCUT2D eigenvalue weighted by Crippen LogP contribution is 2.21. The third-order valence-electron chi connectivity index (χ3n) is 2.79. The molecule has 0 aliphatic carbocycles. The molecule has 0 bridgehead atoms. The highest BCUT2D eigenvalue weighted by molar-refractivity contribution is 6.13. The van der Waals surface area contributed by atoms with Gasteiger partial charge in [-0.2, -0.15) is 0 Å². The van der Waals surface area contributed by atoms with Gasteiger partial charge in [0.1, 0.15) is 0 Å². The van der Waals surface area contributed by atoms with Gasteiger partial charge in [-0.3, -0.25) is 9.59 Å². The van der Waals surface area contributed by atoms with E-state index in [9.17, 15) is 9.59 Å². The van der Waals surface area contributed by atoms with E-state index in [-0.39, 0.29) is 17.8 Å². The van der Waals surface area contributed by atoms with Gasteiger partial charge in [0, 0.05) is 16.8 Å². The number of benzene rings is 2. The van der Waals surface area contributed by atoms with Crippen LogP contribution in [0.3, 0.4) is 0 Å². The monoisotopic (exact) mass is 255 g/mol. The van der Waals surface area contributed by atoms with E-state index in [1.54, 1.807) is 42.5 Å². The van der Waals surface area contributed by atoms with Crippen LogP contribution in [0.25, 0.3) is 0 Å². The Hall–Kier alpha value is -2.62. The lowest BCUT2D eigenvalue weighted by molar-refractivity contribution is -0.136. The summed E-state index contributed by atoms with van der Waals surface area (Å²) in [4.78, 5) is 23.2. The largest absolute Gasteiger partial charge is 0.481 e. The number of aliphatic carboxylic acids is 1. The van der Waals surface area contributed by atoms with Crippen LogP contribution in [0.4, 0.5) is 5.69 Å². The Bertz CT molecular complexity index is 621. The standard InChI is InChI=1S/C15H13NO3/c16-12-8-4-7-11(9-13(17)18)14(12)15(19)10-5-2-1-3-6-10/h1-8H,9,16H2,(H,17,18). The van der Waals surface area contributed by atoms with Crippen molar-refractivity contribution in [1.82, 2.24) is 0 Å². The quantitative estimate of drug-likeness (QED) is 0.647. The van der Waals surface area contributed by atoms with Crippen LogP contribution < -0.4 is 5.73 Å². The maximum absolute atomic E-state index is 12.4. The summed E-state index contributed by atoms with van der Waals surface area (Å²) in [5.74, 6) is -1.25. The lowest BCUT2D eigenvalue weighted by atomic mass is 9.95. The predicted molar refractivity (Wildman–Crippen MR) is 72.1 cm³/mol. The topological polar surface area (TPSA) is 80.4 Å². The summed E-state index contributed by atoms with van der Waals surface area (Å²) in [5.41, 5.74) is 7.32. The molecule has 96 valence electrons. The number of anilines is 1. The first-order chi connectivity index (χ1) is 9.09. The zero-order valence-electron chi connectivity index (χ0n) is 10.2. The normalized spacial score (nSPS) is 10.1. The highest BCUT2D eigenvalue weighted by atomic mass is 16.4. The molecule has 0 amide bonds. The van der Waals surface area contributed by atoms with Crippen LogP contribution in [0.2, 0.25) is 0 Å². The molecule has 4 heteroatoms. The number of carboxylic acid groups (broad SMARTS) is 1. The third kappa shape index (κ3) is 2.80. The van der Waals surface area contributed by atoms with Gasteiger partial charge in [-0.1, -0.05) is 42.5 Å². The van der Waals surface area contributed by atoms with Gasteiger partial charge in [0.15, 0.2) is 5.78 Å². The van der Waals surface area contributed by atoms with E-state index < -0.39 is 5.97 Å². The summed E-state index contributed by atoms with van der Waals surface area (Å²) < 4.78 is 0. The molecule has 2 aromatic carbocycles. The van der Waals surface area contributed by atoms with Gasteiger partial charge in [-0.25, -0.2) is 0 Å². The second kappa shape index (κ2) is 5.35. The summed E-state index contributed by atoms with van der Waals surface area (Å²) in [6.45, 7) is 0. The molecule has 3 N–H and O–H groups in total. The van der Waals surface area contributed by atoms with Crippen LogP contribution in [0.5, 0.6) is 0 Å². The molecule has 4 nitrogen and oxygen atoms in total. The SMILES string of the molecule is Nc1cccc(CC(=O)O)c1C(=O)c1ccccc1. The smallest absolute Gasteiger partial charge is 0.307 e. The Kier molecular flexibility index (Phi) is 3.61. The molecule has 0 spiro atoms. The molecule has 19 heavy (non-hydrogen) atoms. The number of carbonyl (C=O) groups is 2. The number of ketones is 1. The van der Waals surface area contributed by atoms with Crippen LogP contribution in [0.1, 0.15) is 21.5 Å². The van der Waals surface area contributed by atoms with Crippen molar-refractivity contribution in [3.05, 3.63) is 65.2 Å². The fraction of sp³-hybridized carbons (Fsp3) is 0.0667. The van der Waals surface area contributed by atoms with Crippen molar-refractivity contribution in [2.75, 3.05) is 5.73 Å². The maximum atomic E-state index is 12.4. The molecule has 0 aliphatic rings. The van der Waals surface area contributed by atoms with Crippen molar-refractivity contribution in [3.8, 4) is 0 Å². The summed E-state index contributed by atoms with van der Waals surface area (Å²) in [7, 11) is 0. The molecular formula is C15H13NO3. The van der Waals surface area contributed by atoms with E-state index in [0.717, 1.165) is 0 Å². The Labute approximate surface area is 110 Å². The number of hydrogen-bond donors (Lipinski definition) is 2. The first kappa shape index (κ1) is 12.8. The second-order valence-corrected chi connectivity index (χ2v) is 4.15. The molecule has 0 saturated heterocycles. The molecule has 2 aromatic rings. The fourth-order valence-corrected chi connectivity index (χ4v) is 1.94. The Morgan fingerprint density at radius 2 is 1.68 bits per heavy atom. The first-order valence-corrected chi connectivity index (χ1v) is 5.78. The predicted octanol–water partition coefficient (Wildman–Crippen LogP) is 2.13. The Morgan fingerprint density at radius 1 is 1.00 bits per heavy atom. The summed E-state index contributed by atoms with van der Waals surface area (Å²) in [6, 6.07) is 13.5. The van der Waals surface area contributed by atoms with Gasteiger partial charge < -0.3 is 10.8 Å². The minimum absolute atomic E-state index is 0.223. The molecule has 0 atom stereocenters. The highest BCUT2D eigenvalue weighted by Gasteiger charge is 2.17. The Morgan fingerprint density at radius 3 is 2.32 bits per heavy atom. The molecule has 2 rings (SSSR count). The van der Waals surface area contributed by atoms with E-state index in [2.05, 4.69) is 0 Å². The van der Waals surface area contributed by atoms with Gasteiger partial charge in [0.05, 0.1) is 6.42 Å². The van der Waals surface area contributed by atoms with Gasteiger partial charge in [0.25, 0.3) is 0 Å². The van der Waals surface area contributed by atoms with Crippen LogP contribution in [0, 0.1) is 0 Å². The average Bonchev–Trinajstić information content (AvgIpc) is 2.38. The number of carboxylic acids is 1. The number of nitrogens with two attached hydrogens (primary N) is 1. The Balaban J connectivity index is 2.49. The molecule has 0 heterocycles. The molecule has 0 fully saturated rings. The van der Waals surface area contributed by atoms with E-state index in [4.69, 9.17) is 10.8 Å². The molecule has 0 aromatic heterocycles. The van der Waals surface area contributed by atoms with Gasteiger partial charge in [0.2, 0.25) is 0 Å². The van der Waals surface area contributed by atoms with Crippen LogP contribution in [-0.4, -0.2) is 16.9 Å². The molecule has 0 unspecified atom stereocenters. The van der Waals surface area contributed by atoms with Crippen LogP contribution >= 0.6 is 0 Å². The van der Waals surface area contributed by atoms with Gasteiger partial charge >= 0.3 is 5.97 Å². The number of nitrogen functional groups attached to an aromatic ring is 1. The lowest BCUT2D eigenvalue weighted by Gasteiger charge is -2.10. The van der Waals surface area contributed by atoms with Crippen molar-refractivity contribution in [3.63, 3.8) is 0 Å². The first-order valence-electron chi connectivity index (χ1n) is 5.78. The van der Waals surface area contributed by atoms with Crippen molar-refractivity contribution in [1.29, 1.82) is 0 Å². The number of carbonyl (C=O) groups excluding carboxylic acids is 1. The maximum Gasteiger partial charge on any atom is 0.307 e. The molecule has 0 radical (unpaired) electrons. The summed E-state index contributed by atoms with van der Waals surface area (Å²) >= 11 is 0. The molecular weight excluding hydrogens is 242 g/mol. The van der Waals surface area contributed by atoms with Crippen molar-refractivity contribution in [2.45, 2.75) is 6.42 Å². The van der Waals surface area contributed by atoms with Crippen LogP contribution in [-0.2, 0) is 11.2 Å². The van der Waals surface area contributed by atoms with Gasteiger partial charge in [-0.15, -0.1) is 0 Å². The summed E-state index contributed by atoms with van der Waals surface area (Å²) in [6.07, 6.45) is -0.223. The molecule has 0 aliphatic heterocycles. The van der Waals surface area contributed by atoms with Crippen molar-refractivity contribution >= 4 is 17.4 Å².